The molecule has 1 atom stereocenters. The molecule has 1 aromatic rings. The standard InChI is InChI=1S/C5H12N2O2.C3H4N2/c6-3-1-2-4(7)5(8)9;1-2-5-3-4-1/h4H,1-3,6-7H2,(H,8,9);1-3H,(H,4,5)/t4-;/m0./s1. The highest BCUT2D eigenvalue weighted by Gasteiger charge is 2.08. The molecule has 6 heteroatoms. The highest BCUT2D eigenvalue weighted by molar-refractivity contribution is 5.72. The Morgan fingerprint density at radius 1 is 1.64 bits per heavy atom. The zero-order valence-corrected chi connectivity index (χ0v) is 7.89. The van der Waals surface area contributed by atoms with Crippen LogP contribution in [-0.4, -0.2) is 33.6 Å². The number of hydrogen-bond acceptors (Lipinski definition) is 4. The van der Waals surface area contributed by atoms with Crippen LogP contribution in [0.4, 0.5) is 0 Å². The van der Waals surface area contributed by atoms with E-state index < -0.39 is 12.0 Å². The predicted octanol–water partition coefficient (Wildman–Crippen LogP) is -0.453. The number of nitrogens with one attached hydrogen (secondary N) is 1. The van der Waals surface area contributed by atoms with Crippen LogP contribution in [-0.2, 0) is 4.79 Å². The van der Waals surface area contributed by atoms with Crippen molar-refractivity contribution in [1.82, 2.24) is 9.97 Å². The Labute approximate surface area is 82.3 Å². The van der Waals surface area contributed by atoms with Gasteiger partial charge in [-0.2, -0.15) is 0 Å². The maximum atomic E-state index is 10.0. The van der Waals surface area contributed by atoms with Crippen LogP contribution in [0.25, 0.3) is 0 Å². The van der Waals surface area contributed by atoms with Gasteiger partial charge in [0.05, 0.1) is 6.33 Å². The van der Waals surface area contributed by atoms with Crippen LogP contribution < -0.4 is 11.5 Å². The Morgan fingerprint density at radius 2 is 2.36 bits per heavy atom. The van der Waals surface area contributed by atoms with Crippen molar-refractivity contribution < 1.29 is 9.90 Å². The molecule has 0 aliphatic rings. The molecule has 0 radical (unpaired) electrons. The SMILES string of the molecule is NCCC[C@H](N)C(=O)O.c1c[nH]cn1. The van der Waals surface area contributed by atoms with Crippen LogP contribution >= 0.6 is 0 Å². The summed E-state index contributed by atoms with van der Waals surface area (Å²) in [5.41, 5.74) is 10.3. The number of carboxylic acid groups (broad SMARTS) is 1. The van der Waals surface area contributed by atoms with Crippen molar-refractivity contribution in [3.8, 4) is 0 Å². The fourth-order valence-electron chi connectivity index (χ4n) is 0.676. The number of nitrogens with two attached hydrogens (primary N) is 2. The maximum Gasteiger partial charge on any atom is 0.320 e. The van der Waals surface area contributed by atoms with Crippen molar-refractivity contribution in [2.24, 2.45) is 11.5 Å². The van der Waals surface area contributed by atoms with Gasteiger partial charge in [-0.3, -0.25) is 4.79 Å². The quantitative estimate of drug-likeness (QED) is 0.525. The Kier molecular flexibility index (Phi) is 7.39. The number of carboxylic acids is 1. The molecule has 6 nitrogen and oxygen atoms in total. The molecule has 0 saturated heterocycles. The van der Waals surface area contributed by atoms with E-state index in [4.69, 9.17) is 16.6 Å². The van der Waals surface area contributed by atoms with E-state index in [0.29, 0.717) is 19.4 Å². The van der Waals surface area contributed by atoms with Gasteiger partial charge in [-0.15, -0.1) is 0 Å². The summed E-state index contributed by atoms with van der Waals surface area (Å²) in [4.78, 5) is 16.5. The van der Waals surface area contributed by atoms with E-state index in [-0.39, 0.29) is 0 Å². The van der Waals surface area contributed by atoms with E-state index in [1.54, 1.807) is 18.7 Å². The predicted molar refractivity (Wildman–Crippen MR) is 52.5 cm³/mol. The van der Waals surface area contributed by atoms with Crippen molar-refractivity contribution in [2.45, 2.75) is 18.9 Å². The second kappa shape index (κ2) is 8.21. The van der Waals surface area contributed by atoms with Gasteiger partial charge in [-0.05, 0) is 19.4 Å². The van der Waals surface area contributed by atoms with Crippen LogP contribution in [0.2, 0.25) is 0 Å². The average Bonchev–Trinajstić information content (AvgIpc) is 2.71. The minimum Gasteiger partial charge on any atom is -0.480 e. The molecule has 1 aromatic heterocycles. The minimum absolute atomic E-state index is 0.464. The molecule has 0 aromatic carbocycles. The summed E-state index contributed by atoms with van der Waals surface area (Å²) in [6, 6.07) is -0.742. The average molecular weight is 200 g/mol. The number of aromatic amines is 1. The molecule has 80 valence electrons. The summed E-state index contributed by atoms with van der Waals surface area (Å²) < 4.78 is 0. The summed E-state index contributed by atoms with van der Waals surface area (Å²) >= 11 is 0. The van der Waals surface area contributed by atoms with Crippen molar-refractivity contribution in [1.29, 1.82) is 0 Å². The third-order valence-corrected chi connectivity index (χ3v) is 1.44. The zero-order chi connectivity index (χ0) is 10.8. The molecule has 1 rings (SSSR count). The minimum atomic E-state index is -0.955. The van der Waals surface area contributed by atoms with Gasteiger partial charge >= 0.3 is 5.97 Å². The van der Waals surface area contributed by atoms with E-state index in [9.17, 15) is 4.79 Å². The normalized spacial score (nSPS) is 11.3. The first-order valence-corrected chi connectivity index (χ1v) is 4.29. The molecule has 6 N–H and O–H groups in total. The van der Waals surface area contributed by atoms with E-state index in [1.165, 1.54) is 0 Å². The lowest BCUT2D eigenvalue weighted by Gasteiger charge is -2.02. The first-order valence-electron chi connectivity index (χ1n) is 4.29. The second-order valence-electron chi connectivity index (χ2n) is 2.64. The fraction of sp³-hybridized carbons (Fsp3) is 0.500. The number of carbonyl (C=O) groups is 1. The van der Waals surface area contributed by atoms with E-state index in [1.807, 2.05) is 0 Å². The first kappa shape index (κ1) is 12.6. The lowest BCUT2D eigenvalue weighted by molar-refractivity contribution is -0.138. The van der Waals surface area contributed by atoms with E-state index in [2.05, 4.69) is 9.97 Å². The largest absolute Gasteiger partial charge is 0.480 e. The highest BCUT2D eigenvalue weighted by atomic mass is 16.4. The topological polar surface area (TPSA) is 118 Å². The molecule has 0 bridgehead atoms. The van der Waals surface area contributed by atoms with Gasteiger partial charge in [0.15, 0.2) is 0 Å². The number of H-pyrrole nitrogens is 1. The van der Waals surface area contributed by atoms with Gasteiger partial charge in [0.2, 0.25) is 0 Å². The van der Waals surface area contributed by atoms with Crippen LogP contribution in [0.5, 0.6) is 0 Å². The third kappa shape index (κ3) is 7.26. The van der Waals surface area contributed by atoms with Crippen molar-refractivity contribution in [3.63, 3.8) is 0 Å². The lowest BCUT2D eigenvalue weighted by atomic mass is 10.2. The van der Waals surface area contributed by atoms with Gasteiger partial charge in [0.1, 0.15) is 6.04 Å². The molecule has 0 unspecified atom stereocenters. The molecular formula is C8H16N4O2. The van der Waals surface area contributed by atoms with Crippen LogP contribution in [0.1, 0.15) is 12.8 Å². The zero-order valence-electron chi connectivity index (χ0n) is 7.89. The van der Waals surface area contributed by atoms with Crippen molar-refractivity contribution >= 4 is 5.97 Å². The van der Waals surface area contributed by atoms with Gasteiger partial charge in [0.25, 0.3) is 0 Å². The van der Waals surface area contributed by atoms with Crippen LogP contribution in [0.3, 0.4) is 0 Å². The van der Waals surface area contributed by atoms with Crippen molar-refractivity contribution in [3.05, 3.63) is 18.7 Å². The highest BCUT2D eigenvalue weighted by Crippen LogP contribution is 1.91. The smallest absolute Gasteiger partial charge is 0.320 e. The molecule has 1 heterocycles. The maximum absolute atomic E-state index is 10.0. The number of nitrogens with zero attached hydrogens (tertiary/aromatic N) is 1. The van der Waals surface area contributed by atoms with Gasteiger partial charge in [0, 0.05) is 12.4 Å². The molecule has 0 saturated carbocycles. The van der Waals surface area contributed by atoms with Crippen molar-refractivity contribution in [2.75, 3.05) is 6.54 Å². The van der Waals surface area contributed by atoms with E-state index >= 15 is 0 Å². The third-order valence-electron chi connectivity index (χ3n) is 1.44. The Balaban J connectivity index is 0.000000280. The molecular weight excluding hydrogens is 184 g/mol. The van der Waals surface area contributed by atoms with Crippen LogP contribution in [0, 0.1) is 0 Å². The molecule has 0 aliphatic carbocycles. The number of imidazole rings is 1. The summed E-state index contributed by atoms with van der Waals surface area (Å²) in [5.74, 6) is -0.955. The van der Waals surface area contributed by atoms with E-state index in [0.717, 1.165) is 0 Å². The second-order valence-corrected chi connectivity index (χ2v) is 2.64. The first-order chi connectivity index (χ1) is 6.68. The number of aromatic nitrogens is 2. The number of aliphatic carboxylic acids is 1. The molecule has 14 heavy (non-hydrogen) atoms. The molecule has 0 aliphatic heterocycles. The molecule has 0 spiro atoms. The molecule has 0 amide bonds. The summed E-state index contributed by atoms with van der Waals surface area (Å²) in [7, 11) is 0. The Morgan fingerprint density at radius 3 is 2.64 bits per heavy atom. The monoisotopic (exact) mass is 200 g/mol. The summed E-state index contributed by atoms with van der Waals surface area (Å²) in [5, 5.41) is 8.24. The van der Waals surface area contributed by atoms with Gasteiger partial charge < -0.3 is 21.6 Å². The summed E-state index contributed by atoms with van der Waals surface area (Å²) in [6.45, 7) is 0.501. The lowest BCUT2D eigenvalue weighted by Crippen LogP contribution is -2.30. The van der Waals surface area contributed by atoms with Crippen LogP contribution in [0.15, 0.2) is 18.7 Å². The van der Waals surface area contributed by atoms with Gasteiger partial charge in [-0.1, -0.05) is 0 Å². The Hall–Kier alpha value is -1.40. The molecule has 0 fully saturated rings. The van der Waals surface area contributed by atoms with Gasteiger partial charge in [-0.25, -0.2) is 4.98 Å². The summed E-state index contributed by atoms with van der Waals surface area (Å²) in [6.07, 6.45) is 6.22. The fourth-order valence-corrected chi connectivity index (χ4v) is 0.676. The Bertz CT molecular complexity index is 208. The number of rotatable bonds is 4. The number of hydrogen-bond donors (Lipinski definition) is 4.